The zero-order chi connectivity index (χ0) is 4.00. The van der Waals surface area contributed by atoms with Crippen molar-refractivity contribution in [1.29, 1.82) is 0 Å². The first-order valence-electron chi connectivity index (χ1n) is 1.41. The minimum Gasteiger partial charge on any atom is -0.346 e. The first-order chi connectivity index (χ1) is 2.00. The minimum absolute atomic E-state index is 0. The van der Waals surface area contributed by atoms with Crippen LogP contribution in [0.4, 0.5) is 0 Å². The molecule has 0 spiro atoms. The average Bonchev–Trinajstić information content (AvgIpc) is 1.50. The number of hydrogen-bond acceptors (Lipinski definition) is 0. The van der Waals surface area contributed by atoms with E-state index in [0.29, 0.717) is 0 Å². The van der Waals surface area contributed by atoms with Crippen molar-refractivity contribution >= 4 is 24.8 Å². The summed E-state index contributed by atoms with van der Waals surface area (Å²) in [4.78, 5) is 0. The summed E-state index contributed by atoms with van der Waals surface area (Å²) in [5, 5.41) is 0. The van der Waals surface area contributed by atoms with Gasteiger partial charge in [-0.05, 0) is 0 Å². The summed E-state index contributed by atoms with van der Waals surface area (Å²) in [7, 11) is 0. The van der Waals surface area contributed by atoms with Gasteiger partial charge in [0.15, 0.2) is 0 Å². The Morgan fingerprint density at radius 3 is 0.714 bits per heavy atom. The van der Waals surface area contributed by atoms with E-state index in [1.54, 1.807) is 13.8 Å². The van der Waals surface area contributed by atoms with Crippen molar-refractivity contribution in [1.82, 2.24) is 0 Å². The zero-order valence-corrected chi connectivity index (χ0v) is 9.96. The standard InChI is InChI=1S/2C2H5.2ClH.Hf/c2*1-2;;;/h2*1H2,2H3;2*1H;/q2*-1;;;. The smallest absolute Gasteiger partial charge is 0 e. The number of hydrogen-bond donors (Lipinski definition) is 0. The maximum absolute atomic E-state index is 3.25. The zero-order valence-electron chi connectivity index (χ0n) is 4.73. The van der Waals surface area contributed by atoms with Gasteiger partial charge < -0.3 is 13.8 Å². The van der Waals surface area contributed by atoms with E-state index >= 15 is 0 Å². The molecule has 0 aromatic heterocycles. The SMILES string of the molecule is Cl.Cl.[CH2-]C.[CH2-]C.[Hf]. The predicted octanol–water partition coefficient (Wildman–Crippen LogP) is 2.52. The number of halogens is 2. The molecule has 0 aliphatic rings. The average molecular weight is 310 g/mol. The van der Waals surface area contributed by atoms with Crippen LogP contribution in [0.15, 0.2) is 0 Å². The van der Waals surface area contributed by atoms with Crippen LogP contribution in [0.2, 0.25) is 0 Å². The van der Waals surface area contributed by atoms with Crippen molar-refractivity contribution in [2.24, 2.45) is 0 Å². The minimum atomic E-state index is 0. The van der Waals surface area contributed by atoms with Crippen LogP contribution >= 0.6 is 24.8 Å². The summed E-state index contributed by atoms with van der Waals surface area (Å²) in [5.41, 5.74) is 0. The molecule has 3 heteroatoms. The van der Waals surface area contributed by atoms with Crippen molar-refractivity contribution in [2.45, 2.75) is 13.8 Å². The maximum atomic E-state index is 3.25. The summed E-state index contributed by atoms with van der Waals surface area (Å²) >= 11 is 0. The van der Waals surface area contributed by atoms with Crippen LogP contribution in [0.3, 0.4) is 0 Å². The van der Waals surface area contributed by atoms with Crippen LogP contribution in [0, 0.1) is 13.8 Å². The van der Waals surface area contributed by atoms with Gasteiger partial charge in [-0.3, -0.25) is 0 Å². The molecule has 0 rings (SSSR count). The van der Waals surface area contributed by atoms with Crippen LogP contribution in [0.25, 0.3) is 0 Å². The van der Waals surface area contributed by atoms with Crippen LogP contribution in [-0.4, -0.2) is 0 Å². The Bertz CT molecular complexity index is 9.65. The van der Waals surface area contributed by atoms with Crippen LogP contribution < -0.4 is 0 Å². The monoisotopic (exact) mass is 310 g/mol. The first kappa shape index (κ1) is 39.4. The van der Waals surface area contributed by atoms with Crippen molar-refractivity contribution in [3.63, 3.8) is 0 Å². The molecule has 0 saturated heterocycles. The summed E-state index contributed by atoms with van der Waals surface area (Å²) in [5.74, 6) is 0. The molecule has 7 heavy (non-hydrogen) atoms. The van der Waals surface area contributed by atoms with Gasteiger partial charge in [-0.15, -0.1) is 24.8 Å². The van der Waals surface area contributed by atoms with Gasteiger partial charge in [0.2, 0.25) is 0 Å². The summed E-state index contributed by atoms with van der Waals surface area (Å²) in [6.45, 7) is 10.0. The second-order valence-corrected chi connectivity index (χ2v) is 0. The Morgan fingerprint density at radius 1 is 0.714 bits per heavy atom. The predicted molar refractivity (Wildman–Crippen MR) is 36.6 cm³/mol. The molecule has 0 aliphatic heterocycles. The quantitative estimate of drug-likeness (QED) is 0.476. The van der Waals surface area contributed by atoms with Crippen molar-refractivity contribution in [2.75, 3.05) is 0 Å². The van der Waals surface area contributed by atoms with Gasteiger partial charge in [0.05, 0.1) is 0 Å². The summed E-state index contributed by atoms with van der Waals surface area (Å²) < 4.78 is 0. The Kier molecular flexibility index (Phi) is 830. The van der Waals surface area contributed by atoms with Gasteiger partial charge in [0, 0.05) is 25.8 Å². The van der Waals surface area contributed by atoms with Crippen molar-refractivity contribution in [3.05, 3.63) is 13.8 Å². The van der Waals surface area contributed by atoms with Gasteiger partial charge in [-0.25, -0.2) is 0 Å². The third-order valence-corrected chi connectivity index (χ3v) is 0. The molecule has 0 amide bonds. The van der Waals surface area contributed by atoms with Gasteiger partial charge in [-0.1, -0.05) is 0 Å². The van der Waals surface area contributed by atoms with E-state index in [-0.39, 0.29) is 50.7 Å². The van der Waals surface area contributed by atoms with Crippen LogP contribution in [0.5, 0.6) is 0 Å². The number of rotatable bonds is 0. The van der Waals surface area contributed by atoms with E-state index in [2.05, 4.69) is 13.8 Å². The van der Waals surface area contributed by atoms with Gasteiger partial charge >= 0.3 is 0 Å². The Labute approximate surface area is 78.1 Å². The summed E-state index contributed by atoms with van der Waals surface area (Å²) in [6, 6.07) is 0. The topological polar surface area (TPSA) is 0 Å². The van der Waals surface area contributed by atoms with E-state index in [4.69, 9.17) is 0 Å². The van der Waals surface area contributed by atoms with Gasteiger partial charge in [0.25, 0.3) is 0 Å². The van der Waals surface area contributed by atoms with E-state index in [0.717, 1.165) is 0 Å². The molecule has 0 bridgehead atoms. The molecule has 0 heterocycles. The molecular formula is C4H12Cl2Hf-2. The Balaban J connectivity index is -0.00000000267. The van der Waals surface area contributed by atoms with Gasteiger partial charge in [0.1, 0.15) is 0 Å². The molecule has 0 aromatic rings. The Hall–Kier alpha value is 1.45. The molecule has 0 N–H and O–H groups in total. The third kappa shape index (κ3) is 105. The largest absolute Gasteiger partial charge is 0.346 e. The second-order valence-electron chi connectivity index (χ2n) is 0. The Morgan fingerprint density at radius 2 is 0.714 bits per heavy atom. The molecule has 0 atom stereocenters. The fourth-order valence-electron chi connectivity index (χ4n) is 0. The maximum Gasteiger partial charge on any atom is 0 e. The van der Waals surface area contributed by atoms with Crippen molar-refractivity contribution in [3.8, 4) is 0 Å². The molecule has 0 aliphatic carbocycles. The fraction of sp³-hybridized carbons (Fsp3) is 0.500. The normalized spacial score (nSPS) is 1.71. The molecule has 0 nitrogen and oxygen atoms in total. The first-order valence-corrected chi connectivity index (χ1v) is 1.41. The fourth-order valence-corrected chi connectivity index (χ4v) is 0. The second kappa shape index (κ2) is 147. The molecule has 0 fully saturated rings. The molecule has 0 aromatic carbocycles. The van der Waals surface area contributed by atoms with Crippen molar-refractivity contribution < 1.29 is 25.8 Å². The van der Waals surface area contributed by atoms with Crippen LogP contribution in [-0.2, 0) is 25.8 Å². The van der Waals surface area contributed by atoms with Crippen LogP contribution in [0.1, 0.15) is 13.8 Å². The molecule has 0 saturated carbocycles. The van der Waals surface area contributed by atoms with E-state index in [9.17, 15) is 0 Å². The van der Waals surface area contributed by atoms with E-state index < -0.39 is 0 Å². The third-order valence-electron chi connectivity index (χ3n) is 0. The molecule has 0 radical (unpaired) electrons. The molecular weight excluding hydrogens is 297 g/mol. The van der Waals surface area contributed by atoms with Gasteiger partial charge in [-0.2, -0.15) is 13.8 Å². The van der Waals surface area contributed by atoms with E-state index in [1.165, 1.54) is 0 Å². The van der Waals surface area contributed by atoms with E-state index in [1.807, 2.05) is 0 Å². The molecule has 0 unspecified atom stereocenters. The molecule has 48 valence electrons. The summed E-state index contributed by atoms with van der Waals surface area (Å²) in [6.07, 6.45) is 0.